The Morgan fingerprint density at radius 3 is 2.52 bits per heavy atom. The van der Waals surface area contributed by atoms with Crippen molar-refractivity contribution in [1.29, 1.82) is 0 Å². The van der Waals surface area contributed by atoms with Crippen LogP contribution in [0.3, 0.4) is 0 Å². The number of halogens is 2. The van der Waals surface area contributed by atoms with Crippen LogP contribution in [-0.4, -0.2) is 20.9 Å². The standard InChI is InChI=1S/C17H17F2NO4S/c1-12-4-2-3-5-13(12)11-24-17(21)8-9-20-25(22,23)14-6-7-15(18)16(19)10-14/h2-7,10,20H,8-9,11H2,1H3. The van der Waals surface area contributed by atoms with Crippen molar-refractivity contribution in [2.75, 3.05) is 6.54 Å². The highest BCUT2D eigenvalue weighted by molar-refractivity contribution is 7.89. The van der Waals surface area contributed by atoms with Gasteiger partial charge in [-0.15, -0.1) is 0 Å². The molecule has 0 aromatic heterocycles. The highest BCUT2D eigenvalue weighted by Crippen LogP contribution is 2.13. The molecule has 0 unspecified atom stereocenters. The molecule has 0 aliphatic rings. The van der Waals surface area contributed by atoms with E-state index in [1.54, 1.807) is 0 Å². The van der Waals surface area contributed by atoms with Crippen LogP contribution >= 0.6 is 0 Å². The second-order valence-electron chi connectivity index (χ2n) is 5.31. The first-order valence-electron chi connectivity index (χ1n) is 7.44. The fourth-order valence-electron chi connectivity index (χ4n) is 2.02. The quantitative estimate of drug-likeness (QED) is 0.762. The molecule has 0 bridgehead atoms. The van der Waals surface area contributed by atoms with Gasteiger partial charge in [0.2, 0.25) is 10.0 Å². The third kappa shape index (κ3) is 5.33. The molecular formula is C17H17F2NO4S. The summed E-state index contributed by atoms with van der Waals surface area (Å²) < 4.78 is 57.1. The first kappa shape index (κ1) is 19.0. The summed E-state index contributed by atoms with van der Waals surface area (Å²) >= 11 is 0. The fraction of sp³-hybridized carbons (Fsp3) is 0.235. The Hall–Kier alpha value is -2.32. The largest absolute Gasteiger partial charge is 0.461 e. The van der Waals surface area contributed by atoms with Crippen molar-refractivity contribution in [3.63, 3.8) is 0 Å². The van der Waals surface area contributed by atoms with E-state index in [1.165, 1.54) is 0 Å². The van der Waals surface area contributed by atoms with Gasteiger partial charge < -0.3 is 4.74 Å². The van der Waals surface area contributed by atoms with Crippen molar-refractivity contribution in [3.05, 3.63) is 65.2 Å². The average molecular weight is 369 g/mol. The summed E-state index contributed by atoms with van der Waals surface area (Å²) in [7, 11) is -4.03. The molecule has 0 saturated heterocycles. The van der Waals surface area contributed by atoms with E-state index < -0.39 is 32.5 Å². The van der Waals surface area contributed by atoms with Gasteiger partial charge in [0.25, 0.3) is 0 Å². The van der Waals surface area contributed by atoms with E-state index in [1.807, 2.05) is 31.2 Å². The second-order valence-corrected chi connectivity index (χ2v) is 7.08. The molecule has 0 aliphatic heterocycles. The van der Waals surface area contributed by atoms with Crippen molar-refractivity contribution in [2.45, 2.75) is 24.8 Å². The zero-order chi connectivity index (χ0) is 18.4. The molecule has 25 heavy (non-hydrogen) atoms. The average Bonchev–Trinajstić information content (AvgIpc) is 2.56. The number of carbonyl (C=O) groups excluding carboxylic acids is 1. The van der Waals surface area contributed by atoms with Crippen LogP contribution in [0.25, 0.3) is 0 Å². The summed E-state index contributed by atoms with van der Waals surface area (Å²) in [6.07, 6.45) is -0.186. The summed E-state index contributed by atoms with van der Waals surface area (Å²) in [4.78, 5) is 11.3. The fourth-order valence-corrected chi connectivity index (χ4v) is 3.06. The molecule has 8 heteroatoms. The topological polar surface area (TPSA) is 72.5 Å². The van der Waals surface area contributed by atoms with Gasteiger partial charge >= 0.3 is 5.97 Å². The molecule has 0 spiro atoms. The van der Waals surface area contributed by atoms with Crippen LogP contribution in [0, 0.1) is 18.6 Å². The smallest absolute Gasteiger partial charge is 0.307 e. The van der Waals surface area contributed by atoms with Crippen molar-refractivity contribution in [3.8, 4) is 0 Å². The molecule has 134 valence electrons. The minimum Gasteiger partial charge on any atom is -0.461 e. The highest BCUT2D eigenvalue weighted by atomic mass is 32.2. The predicted molar refractivity (Wildman–Crippen MR) is 87.1 cm³/mol. The minimum atomic E-state index is -4.03. The Morgan fingerprint density at radius 1 is 1.12 bits per heavy atom. The molecule has 2 aromatic carbocycles. The number of esters is 1. The summed E-state index contributed by atoms with van der Waals surface area (Å²) in [6.45, 7) is 1.77. The monoisotopic (exact) mass is 369 g/mol. The first-order chi connectivity index (χ1) is 11.8. The maximum absolute atomic E-state index is 13.1. The lowest BCUT2D eigenvalue weighted by atomic mass is 10.1. The van der Waals surface area contributed by atoms with Crippen LogP contribution in [0.5, 0.6) is 0 Å². The molecule has 2 rings (SSSR count). The normalized spacial score (nSPS) is 11.3. The molecule has 0 saturated carbocycles. The van der Waals surface area contributed by atoms with Crippen LogP contribution < -0.4 is 4.72 Å². The van der Waals surface area contributed by atoms with Crippen LogP contribution in [-0.2, 0) is 26.2 Å². The van der Waals surface area contributed by atoms with E-state index in [2.05, 4.69) is 4.72 Å². The van der Waals surface area contributed by atoms with Gasteiger partial charge in [0.1, 0.15) is 6.61 Å². The van der Waals surface area contributed by atoms with Crippen LogP contribution in [0.1, 0.15) is 17.5 Å². The highest BCUT2D eigenvalue weighted by Gasteiger charge is 2.17. The molecule has 0 atom stereocenters. The number of hydrogen-bond acceptors (Lipinski definition) is 4. The van der Waals surface area contributed by atoms with E-state index in [0.29, 0.717) is 6.07 Å². The molecular weight excluding hydrogens is 352 g/mol. The maximum atomic E-state index is 13.1. The van der Waals surface area contributed by atoms with Gasteiger partial charge in [-0.25, -0.2) is 21.9 Å². The number of hydrogen-bond donors (Lipinski definition) is 1. The minimum absolute atomic E-state index is 0.0986. The molecule has 1 N–H and O–H groups in total. The van der Waals surface area contributed by atoms with Crippen molar-refractivity contribution < 1.29 is 26.7 Å². The number of ether oxygens (including phenoxy) is 1. The number of aryl methyl sites for hydroxylation is 1. The van der Waals surface area contributed by atoms with Gasteiger partial charge in [0.05, 0.1) is 11.3 Å². The van der Waals surface area contributed by atoms with Gasteiger partial charge in [0.15, 0.2) is 11.6 Å². The van der Waals surface area contributed by atoms with E-state index in [9.17, 15) is 22.0 Å². The zero-order valence-corrected chi connectivity index (χ0v) is 14.3. The van der Waals surface area contributed by atoms with Crippen LogP contribution in [0.2, 0.25) is 0 Å². The van der Waals surface area contributed by atoms with E-state index >= 15 is 0 Å². The molecule has 2 aromatic rings. The summed E-state index contributed by atoms with van der Waals surface area (Å²) in [5.74, 6) is -2.98. The van der Waals surface area contributed by atoms with Crippen molar-refractivity contribution in [2.24, 2.45) is 0 Å². The molecule has 0 radical (unpaired) electrons. The molecule has 0 heterocycles. The van der Waals surface area contributed by atoms with Gasteiger partial charge in [-0.1, -0.05) is 24.3 Å². The molecule has 0 fully saturated rings. The van der Waals surface area contributed by atoms with Crippen LogP contribution in [0.4, 0.5) is 8.78 Å². The zero-order valence-electron chi connectivity index (χ0n) is 13.5. The van der Waals surface area contributed by atoms with E-state index in [0.717, 1.165) is 23.3 Å². The Labute approximate surface area is 144 Å². The summed E-state index contributed by atoms with van der Waals surface area (Å²) in [6, 6.07) is 9.65. The number of nitrogens with one attached hydrogen (secondary N) is 1. The first-order valence-corrected chi connectivity index (χ1v) is 8.93. The Kier molecular flexibility index (Phi) is 6.22. The van der Waals surface area contributed by atoms with Gasteiger partial charge in [-0.05, 0) is 36.2 Å². The Morgan fingerprint density at radius 2 is 1.84 bits per heavy atom. The van der Waals surface area contributed by atoms with Gasteiger partial charge in [0, 0.05) is 6.54 Å². The SMILES string of the molecule is Cc1ccccc1COC(=O)CCNS(=O)(=O)c1ccc(F)c(F)c1. The molecule has 0 amide bonds. The number of rotatable bonds is 7. The predicted octanol–water partition coefficient (Wildman–Crippen LogP) is 2.69. The van der Waals surface area contributed by atoms with E-state index in [-0.39, 0.29) is 19.6 Å². The third-order valence-electron chi connectivity index (χ3n) is 3.47. The van der Waals surface area contributed by atoms with Gasteiger partial charge in [-0.2, -0.15) is 0 Å². The molecule has 0 aliphatic carbocycles. The van der Waals surface area contributed by atoms with Crippen molar-refractivity contribution >= 4 is 16.0 Å². The second kappa shape index (κ2) is 8.17. The van der Waals surface area contributed by atoms with E-state index in [4.69, 9.17) is 4.74 Å². The third-order valence-corrected chi connectivity index (χ3v) is 4.93. The van der Waals surface area contributed by atoms with Crippen molar-refractivity contribution in [1.82, 2.24) is 4.72 Å². The molecule has 5 nitrogen and oxygen atoms in total. The number of sulfonamides is 1. The van der Waals surface area contributed by atoms with Gasteiger partial charge in [-0.3, -0.25) is 4.79 Å². The Balaban J connectivity index is 1.84. The Bertz CT molecular complexity index is 869. The number of benzene rings is 2. The lowest BCUT2D eigenvalue weighted by Crippen LogP contribution is -2.27. The summed E-state index contributed by atoms with van der Waals surface area (Å²) in [5, 5.41) is 0. The lowest BCUT2D eigenvalue weighted by Gasteiger charge is -2.09. The lowest BCUT2D eigenvalue weighted by molar-refractivity contribution is -0.144. The van der Waals surface area contributed by atoms with Crippen LogP contribution in [0.15, 0.2) is 47.4 Å². The number of carbonyl (C=O) groups is 1. The maximum Gasteiger partial charge on any atom is 0.307 e. The summed E-state index contributed by atoms with van der Waals surface area (Å²) in [5.41, 5.74) is 1.84.